The standard InChI is InChI=1S/C19H26N2/c1-19(20,21-13-6-2-3-7-14-21)15-17-11-8-10-16-9-4-5-12-18(16)17/h4-5,8-12H,2-3,6-7,13-15,20H2,1H3. The van der Waals surface area contributed by atoms with Gasteiger partial charge in [-0.2, -0.15) is 0 Å². The Morgan fingerprint density at radius 2 is 1.62 bits per heavy atom. The van der Waals surface area contributed by atoms with Crippen LogP contribution < -0.4 is 5.73 Å². The Bertz CT molecular complexity index is 590. The van der Waals surface area contributed by atoms with Crippen molar-refractivity contribution < 1.29 is 0 Å². The van der Waals surface area contributed by atoms with Gasteiger partial charge in [0.1, 0.15) is 0 Å². The van der Waals surface area contributed by atoms with Crippen molar-refractivity contribution in [3.63, 3.8) is 0 Å². The van der Waals surface area contributed by atoms with Crippen LogP contribution in [0.25, 0.3) is 10.8 Å². The zero-order chi connectivity index (χ0) is 14.7. The molecular formula is C19H26N2. The van der Waals surface area contributed by atoms with Crippen LogP contribution in [0, 0.1) is 0 Å². The average Bonchev–Trinajstić information content (AvgIpc) is 2.77. The quantitative estimate of drug-likeness (QED) is 0.924. The first-order valence-electron chi connectivity index (χ1n) is 8.17. The molecule has 1 saturated heterocycles. The lowest BCUT2D eigenvalue weighted by molar-refractivity contribution is 0.113. The molecule has 1 aliphatic rings. The van der Waals surface area contributed by atoms with E-state index in [4.69, 9.17) is 5.73 Å². The predicted octanol–water partition coefficient (Wildman–Crippen LogP) is 3.93. The summed E-state index contributed by atoms with van der Waals surface area (Å²) in [4.78, 5) is 2.49. The number of likely N-dealkylation sites (tertiary alicyclic amines) is 1. The van der Waals surface area contributed by atoms with Crippen LogP contribution in [-0.4, -0.2) is 23.7 Å². The molecule has 0 saturated carbocycles. The molecule has 0 radical (unpaired) electrons. The molecule has 2 nitrogen and oxygen atoms in total. The van der Waals surface area contributed by atoms with E-state index in [0.29, 0.717) is 0 Å². The zero-order valence-corrected chi connectivity index (χ0v) is 13.0. The van der Waals surface area contributed by atoms with Gasteiger partial charge in [0, 0.05) is 6.42 Å². The Balaban J connectivity index is 1.86. The second-order valence-electron chi connectivity index (χ2n) is 6.57. The Morgan fingerprint density at radius 1 is 0.952 bits per heavy atom. The molecule has 1 aliphatic heterocycles. The van der Waals surface area contributed by atoms with Crippen LogP contribution in [0.3, 0.4) is 0 Å². The van der Waals surface area contributed by atoms with Crippen molar-refractivity contribution in [1.82, 2.24) is 4.90 Å². The van der Waals surface area contributed by atoms with Gasteiger partial charge in [-0.1, -0.05) is 55.3 Å². The van der Waals surface area contributed by atoms with Gasteiger partial charge in [-0.05, 0) is 49.2 Å². The molecule has 1 heterocycles. The van der Waals surface area contributed by atoms with Crippen LogP contribution in [0.5, 0.6) is 0 Å². The molecule has 0 aliphatic carbocycles. The van der Waals surface area contributed by atoms with E-state index in [-0.39, 0.29) is 5.66 Å². The largest absolute Gasteiger partial charge is 0.313 e. The predicted molar refractivity (Wildman–Crippen MR) is 90.3 cm³/mol. The molecule has 112 valence electrons. The van der Waals surface area contributed by atoms with E-state index in [1.54, 1.807) is 0 Å². The van der Waals surface area contributed by atoms with Crippen molar-refractivity contribution in [3.05, 3.63) is 48.0 Å². The summed E-state index contributed by atoms with van der Waals surface area (Å²) in [5.74, 6) is 0. The first kappa shape index (κ1) is 14.6. The fourth-order valence-corrected chi connectivity index (χ4v) is 3.53. The minimum atomic E-state index is -0.255. The molecule has 2 aromatic rings. The number of benzene rings is 2. The van der Waals surface area contributed by atoms with E-state index in [0.717, 1.165) is 19.5 Å². The van der Waals surface area contributed by atoms with Crippen molar-refractivity contribution in [2.24, 2.45) is 5.73 Å². The Kier molecular flexibility index (Phi) is 4.27. The van der Waals surface area contributed by atoms with Gasteiger partial charge in [-0.3, -0.25) is 4.90 Å². The Hall–Kier alpha value is -1.38. The maximum Gasteiger partial charge on any atom is 0.0699 e. The molecule has 1 fully saturated rings. The van der Waals surface area contributed by atoms with Crippen LogP contribution in [-0.2, 0) is 6.42 Å². The number of rotatable bonds is 3. The number of nitrogens with zero attached hydrogens (tertiary/aromatic N) is 1. The summed E-state index contributed by atoms with van der Waals surface area (Å²) in [7, 11) is 0. The summed E-state index contributed by atoms with van der Waals surface area (Å²) in [5, 5.41) is 2.65. The van der Waals surface area contributed by atoms with Gasteiger partial charge in [-0.25, -0.2) is 0 Å². The molecule has 0 spiro atoms. The molecule has 0 bridgehead atoms. The van der Waals surface area contributed by atoms with E-state index in [1.165, 1.54) is 42.0 Å². The summed E-state index contributed by atoms with van der Waals surface area (Å²) >= 11 is 0. The maximum absolute atomic E-state index is 6.71. The van der Waals surface area contributed by atoms with Crippen LogP contribution in [0.1, 0.15) is 38.2 Å². The monoisotopic (exact) mass is 282 g/mol. The summed E-state index contributed by atoms with van der Waals surface area (Å²) in [6, 6.07) is 15.2. The third-order valence-corrected chi connectivity index (χ3v) is 4.76. The van der Waals surface area contributed by atoms with Crippen LogP contribution in [0.2, 0.25) is 0 Å². The SMILES string of the molecule is CC(N)(Cc1cccc2ccccc12)N1CCCCCC1. The lowest BCUT2D eigenvalue weighted by atomic mass is 9.95. The van der Waals surface area contributed by atoms with Gasteiger partial charge in [-0.15, -0.1) is 0 Å². The van der Waals surface area contributed by atoms with Crippen molar-refractivity contribution in [1.29, 1.82) is 0 Å². The van der Waals surface area contributed by atoms with Crippen molar-refractivity contribution in [2.75, 3.05) is 13.1 Å². The van der Waals surface area contributed by atoms with E-state index in [9.17, 15) is 0 Å². The number of nitrogens with two attached hydrogens (primary N) is 1. The highest BCUT2D eigenvalue weighted by molar-refractivity contribution is 5.85. The Labute approximate surface area is 127 Å². The van der Waals surface area contributed by atoms with Gasteiger partial charge in [0.25, 0.3) is 0 Å². The smallest absolute Gasteiger partial charge is 0.0699 e. The molecular weight excluding hydrogens is 256 g/mol. The van der Waals surface area contributed by atoms with E-state index < -0.39 is 0 Å². The van der Waals surface area contributed by atoms with Crippen LogP contribution >= 0.6 is 0 Å². The third-order valence-electron chi connectivity index (χ3n) is 4.76. The first-order valence-corrected chi connectivity index (χ1v) is 8.17. The molecule has 21 heavy (non-hydrogen) atoms. The molecule has 3 rings (SSSR count). The topological polar surface area (TPSA) is 29.3 Å². The number of hydrogen-bond acceptors (Lipinski definition) is 2. The van der Waals surface area contributed by atoms with Crippen molar-refractivity contribution >= 4 is 10.8 Å². The van der Waals surface area contributed by atoms with Gasteiger partial charge >= 0.3 is 0 Å². The maximum atomic E-state index is 6.71. The molecule has 0 aromatic heterocycles. The number of hydrogen-bond donors (Lipinski definition) is 1. The fourth-order valence-electron chi connectivity index (χ4n) is 3.53. The van der Waals surface area contributed by atoms with Crippen molar-refractivity contribution in [3.8, 4) is 0 Å². The van der Waals surface area contributed by atoms with E-state index >= 15 is 0 Å². The molecule has 0 amide bonds. The normalized spacial score (nSPS) is 20.1. The van der Waals surface area contributed by atoms with E-state index in [2.05, 4.69) is 54.3 Å². The highest BCUT2D eigenvalue weighted by Gasteiger charge is 2.28. The highest BCUT2D eigenvalue weighted by Crippen LogP contribution is 2.25. The summed E-state index contributed by atoms with van der Waals surface area (Å²) in [6.07, 6.45) is 6.17. The molecule has 2 heteroatoms. The van der Waals surface area contributed by atoms with Crippen molar-refractivity contribution in [2.45, 2.75) is 44.7 Å². The first-order chi connectivity index (χ1) is 10.2. The summed E-state index contributed by atoms with van der Waals surface area (Å²) in [5.41, 5.74) is 7.82. The zero-order valence-electron chi connectivity index (χ0n) is 13.0. The minimum absolute atomic E-state index is 0.255. The second kappa shape index (κ2) is 6.17. The lowest BCUT2D eigenvalue weighted by Gasteiger charge is -2.38. The Morgan fingerprint density at radius 3 is 2.38 bits per heavy atom. The van der Waals surface area contributed by atoms with Gasteiger partial charge in [0.2, 0.25) is 0 Å². The lowest BCUT2D eigenvalue weighted by Crippen LogP contribution is -2.55. The van der Waals surface area contributed by atoms with Crippen LogP contribution in [0.4, 0.5) is 0 Å². The summed E-state index contributed by atoms with van der Waals surface area (Å²) in [6.45, 7) is 4.47. The van der Waals surface area contributed by atoms with Crippen LogP contribution in [0.15, 0.2) is 42.5 Å². The molecule has 2 N–H and O–H groups in total. The third kappa shape index (κ3) is 3.28. The van der Waals surface area contributed by atoms with Gasteiger partial charge in [0.05, 0.1) is 5.66 Å². The fraction of sp³-hybridized carbons (Fsp3) is 0.474. The highest BCUT2D eigenvalue weighted by atomic mass is 15.3. The average molecular weight is 282 g/mol. The molecule has 1 atom stereocenters. The molecule has 1 unspecified atom stereocenters. The summed E-state index contributed by atoms with van der Waals surface area (Å²) < 4.78 is 0. The molecule has 2 aromatic carbocycles. The number of fused-ring (bicyclic) bond motifs is 1. The van der Waals surface area contributed by atoms with Gasteiger partial charge < -0.3 is 5.73 Å². The second-order valence-corrected chi connectivity index (χ2v) is 6.57. The van der Waals surface area contributed by atoms with E-state index in [1.807, 2.05) is 0 Å². The minimum Gasteiger partial charge on any atom is -0.313 e. The van der Waals surface area contributed by atoms with Gasteiger partial charge in [0.15, 0.2) is 0 Å².